The molecule has 0 aromatic heterocycles. The zero-order valence-corrected chi connectivity index (χ0v) is 19.7. The van der Waals surface area contributed by atoms with Gasteiger partial charge >= 0.3 is 5.97 Å². The molecule has 5 atom stereocenters. The van der Waals surface area contributed by atoms with Crippen LogP contribution in [0.15, 0.2) is 91.0 Å². The number of benzene rings is 3. The van der Waals surface area contributed by atoms with Crippen molar-refractivity contribution in [2.24, 2.45) is 0 Å². The van der Waals surface area contributed by atoms with E-state index < -0.39 is 53.0 Å². The molecule has 37 heavy (non-hydrogen) atoms. The van der Waals surface area contributed by atoms with Gasteiger partial charge in [0, 0.05) is 18.1 Å². The second kappa shape index (κ2) is 10.2. The molecule has 0 amide bonds. The van der Waals surface area contributed by atoms with E-state index in [9.17, 15) is 34.5 Å². The lowest BCUT2D eigenvalue weighted by atomic mass is 9.70. The predicted octanol–water partition coefficient (Wildman–Crippen LogP) is 1.81. The normalized spacial score (nSPS) is 25.7. The Morgan fingerprint density at radius 2 is 1.19 bits per heavy atom. The highest BCUT2D eigenvalue weighted by molar-refractivity contribution is 6.16. The van der Waals surface area contributed by atoms with E-state index in [1.165, 1.54) is 60.7 Å². The molecule has 9 heteroatoms. The molecule has 0 bridgehead atoms. The molecule has 1 heterocycles. The Morgan fingerprint density at radius 3 is 1.65 bits per heavy atom. The number of carbonyl (C=O) groups excluding carboxylic acids is 4. The lowest BCUT2D eigenvalue weighted by Gasteiger charge is -2.37. The van der Waals surface area contributed by atoms with Gasteiger partial charge in [-0.1, -0.05) is 91.0 Å². The van der Waals surface area contributed by atoms with Gasteiger partial charge in [0.2, 0.25) is 29.1 Å². The number of hydrogen-bond donors (Lipinski definition) is 3. The zero-order chi connectivity index (χ0) is 26.8. The van der Waals surface area contributed by atoms with Gasteiger partial charge in [-0.2, -0.15) is 0 Å². The molecule has 1 unspecified atom stereocenters. The molecule has 9 nitrogen and oxygen atoms in total. The van der Waals surface area contributed by atoms with Crippen LogP contribution in [0.3, 0.4) is 0 Å². The minimum absolute atomic E-state index is 0.111. The lowest BCUT2D eigenvalue weighted by molar-refractivity contribution is -0.200. The number of aliphatic hydroxyl groups excluding tert-OH is 1. The van der Waals surface area contributed by atoms with Gasteiger partial charge in [0.15, 0.2) is 11.9 Å². The number of carbonyl (C=O) groups is 4. The molecule has 1 fully saturated rings. The van der Waals surface area contributed by atoms with Crippen molar-refractivity contribution in [2.75, 3.05) is 0 Å². The molecule has 190 valence electrons. The van der Waals surface area contributed by atoms with Crippen LogP contribution in [0.1, 0.15) is 39.3 Å². The maximum Gasteiger partial charge on any atom is 0.305 e. The van der Waals surface area contributed by atoms with E-state index in [4.69, 9.17) is 9.47 Å². The Bertz CT molecular complexity index is 1310. The molecule has 0 spiro atoms. The molecule has 4 rings (SSSR count). The second-order valence-corrected chi connectivity index (χ2v) is 8.60. The summed E-state index contributed by atoms with van der Waals surface area (Å²) in [6.45, 7) is 0.961. The van der Waals surface area contributed by atoms with E-state index in [0.29, 0.717) is 0 Å². The highest BCUT2D eigenvalue weighted by atomic mass is 16.7. The van der Waals surface area contributed by atoms with Gasteiger partial charge in [0.25, 0.3) is 0 Å². The summed E-state index contributed by atoms with van der Waals surface area (Å²) >= 11 is 0. The number of Topliss-reactive ketones (excluding diaryl/α,β-unsaturated/α-hetero) is 3. The smallest absolute Gasteiger partial charge is 0.305 e. The Morgan fingerprint density at radius 1 is 0.757 bits per heavy atom. The Labute approximate surface area is 211 Å². The van der Waals surface area contributed by atoms with Gasteiger partial charge in [-0.25, -0.2) is 0 Å². The Balaban J connectivity index is 1.92. The van der Waals surface area contributed by atoms with Crippen molar-refractivity contribution in [1.82, 2.24) is 0 Å². The molecule has 0 radical (unpaired) electrons. The van der Waals surface area contributed by atoms with Crippen molar-refractivity contribution < 1.29 is 44.0 Å². The molecule has 3 aromatic rings. The Hall–Kier alpha value is -4.02. The molecule has 0 saturated carbocycles. The summed E-state index contributed by atoms with van der Waals surface area (Å²) in [6.07, 6.45) is -6.46. The summed E-state index contributed by atoms with van der Waals surface area (Å²) < 4.78 is 10.5. The van der Waals surface area contributed by atoms with Gasteiger partial charge in [-0.3, -0.25) is 19.2 Å². The summed E-state index contributed by atoms with van der Waals surface area (Å²) in [4.78, 5) is 53.0. The number of esters is 1. The maximum atomic E-state index is 13.8. The van der Waals surface area contributed by atoms with Crippen LogP contribution in [0.5, 0.6) is 0 Å². The first-order valence-corrected chi connectivity index (χ1v) is 11.4. The molecule has 3 N–H and O–H groups in total. The number of ether oxygens (including phenoxy) is 2. The summed E-state index contributed by atoms with van der Waals surface area (Å²) in [5, 5.41) is 34.7. The first kappa shape index (κ1) is 26.1. The van der Waals surface area contributed by atoms with Crippen molar-refractivity contribution in [3.8, 4) is 0 Å². The number of ketones is 3. The fourth-order valence-corrected chi connectivity index (χ4v) is 4.37. The maximum absolute atomic E-state index is 13.8. The monoisotopic (exact) mass is 504 g/mol. The number of hydrogen-bond acceptors (Lipinski definition) is 9. The lowest BCUT2D eigenvalue weighted by Crippen LogP contribution is -2.69. The summed E-state index contributed by atoms with van der Waals surface area (Å²) in [6, 6.07) is 22.0. The van der Waals surface area contributed by atoms with E-state index in [0.717, 1.165) is 6.92 Å². The third kappa shape index (κ3) is 4.38. The molecule has 1 aliphatic heterocycles. The van der Waals surface area contributed by atoms with Gasteiger partial charge < -0.3 is 24.8 Å². The van der Waals surface area contributed by atoms with Crippen LogP contribution in [0.2, 0.25) is 0 Å². The largest absolute Gasteiger partial charge is 0.432 e. The van der Waals surface area contributed by atoms with Crippen LogP contribution in [0, 0.1) is 0 Å². The minimum atomic E-state index is -3.30. The van der Waals surface area contributed by atoms with Crippen LogP contribution in [0.25, 0.3) is 0 Å². The van der Waals surface area contributed by atoms with E-state index >= 15 is 0 Å². The average molecular weight is 504 g/mol. The molecule has 1 saturated heterocycles. The van der Waals surface area contributed by atoms with Crippen LogP contribution in [0.4, 0.5) is 0 Å². The quantitative estimate of drug-likeness (QED) is 0.309. The van der Waals surface area contributed by atoms with Crippen molar-refractivity contribution in [2.45, 2.75) is 36.6 Å². The van der Waals surface area contributed by atoms with E-state index in [1.54, 1.807) is 30.3 Å². The zero-order valence-electron chi connectivity index (χ0n) is 19.7. The molecular formula is C28H24O9. The topological polar surface area (TPSA) is 147 Å². The molecular weight excluding hydrogens is 480 g/mol. The van der Waals surface area contributed by atoms with Crippen LogP contribution >= 0.6 is 0 Å². The van der Waals surface area contributed by atoms with E-state index in [2.05, 4.69) is 0 Å². The third-order valence-corrected chi connectivity index (χ3v) is 6.24. The van der Waals surface area contributed by atoms with E-state index in [-0.39, 0.29) is 16.7 Å². The molecule has 3 aromatic carbocycles. The summed E-state index contributed by atoms with van der Waals surface area (Å²) in [7, 11) is 0. The van der Waals surface area contributed by atoms with Gasteiger partial charge in [-0.15, -0.1) is 0 Å². The fourth-order valence-electron chi connectivity index (χ4n) is 4.37. The number of aliphatic hydroxyl groups is 3. The minimum Gasteiger partial charge on any atom is -0.432 e. The first-order valence-electron chi connectivity index (χ1n) is 11.4. The van der Waals surface area contributed by atoms with E-state index in [1.807, 2.05) is 0 Å². The van der Waals surface area contributed by atoms with Crippen LogP contribution < -0.4 is 0 Å². The predicted molar refractivity (Wildman–Crippen MR) is 128 cm³/mol. The van der Waals surface area contributed by atoms with Crippen molar-refractivity contribution >= 4 is 23.3 Å². The number of rotatable bonds is 8. The van der Waals surface area contributed by atoms with Crippen molar-refractivity contribution in [1.29, 1.82) is 0 Å². The molecule has 1 aliphatic rings. The highest BCUT2D eigenvalue weighted by Crippen LogP contribution is 2.46. The Kier molecular flexibility index (Phi) is 7.15. The summed E-state index contributed by atoms with van der Waals surface area (Å²) in [5.41, 5.74) is -6.76. The van der Waals surface area contributed by atoms with Gasteiger partial charge in [0.05, 0.1) is 0 Å². The van der Waals surface area contributed by atoms with Crippen LogP contribution in [-0.2, 0) is 19.1 Å². The fraction of sp³-hybridized carbons (Fsp3) is 0.214. The first-order chi connectivity index (χ1) is 17.6. The van der Waals surface area contributed by atoms with Crippen LogP contribution in [-0.4, -0.2) is 62.2 Å². The van der Waals surface area contributed by atoms with Crippen molar-refractivity contribution in [3.63, 3.8) is 0 Å². The average Bonchev–Trinajstić information content (AvgIpc) is 3.15. The van der Waals surface area contributed by atoms with Crippen molar-refractivity contribution in [3.05, 3.63) is 108 Å². The summed E-state index contributed by atoms with van der Waals surface area (Å²) in [5.74, 6) is -4.72. The third-order valence-electron chi connectivity index (χ3n) is 6.24. The standard InChI is InChI=1S/C28H24O9/c1-17(29)36-26-28(35,24(33)20-15-9-4-10-16-20)27(34,23(32)19-13-7-3-8-14-19)25(37-26)22(31)21(30)18-11-5-2-6-12-18/h2-16,21,25-26,30,34-35H,1H3/t21?,25-,26-,27-,28+/m1/s1. The van der Waals surface area contributed by atoms with Gasteiger partial charge in [0.1, 0.15) is 6.10 Å². The molecule has 0 aliphatic carbocycles. The second-order valence-electron chi connectivity index (χ2n) is 8.60. The SMILES string of the molecule is CC(=O)O[C@@H]1O[C@H](C(=O)C(O)c2ccccc2)[C@](O)(C(=O)c2ccccc2)[C@]1(O)C(=O)c1ccccc1. The highest BCUT2D eigenvalue weighted by Gasteiger charge is 2.76. The van der Waals surface area contributed by atoms with Gasteiger partial charge in [-0.05, 0) is 5.56 Å².